The minimum Gasteiger partial charge on any atom is -0.298 e. The molecule has 2 aliphatic heterocycles. The zero-order chi connectivity index (χ0) is 60.3. The molecule has 0 saturated heterocycles. The van der Waals surface area contributed by atoms with Gasteiger partial charge in [-0.05, 0) is 95.9 Å². The standard InChI is InChI=1S/C7H14.2C6H12.2C6H10.C5H9N.3C5H10.C4H7N.10C2H6/c1-2-4-6-7-5-3-1;5*1-2-4-6-5-3-1;4*1-2-4-5-3-1;10*1-2/h1-7H2;2*1-6H2;2*1-2H,3-6H2;4H,1-3,5H2;3*1-5H2;3H,1-2,4H2;10*1-2H3. The highest BCUT2D eigenvalue weighted by Crippen LogP contribution is 2.18. The summed E-state index contributed by atoms with van der Waals surface area (Å²) < 4.78 is 0. The van der Waals surface area contributed by atoms with Gasteiger partial charge in [0.1, 0.15) is 0 Å². The molecule has 10 aliphatic rings. The van der Waals surface area contributed by atoms with Crippen LogP contribution in [0.25, 0.3) is 0 Å². The number of rotatable bonds is 0. The third-order valence-electron chi connectivity index (χ3n) is 12.6. The summed E-state index contributed by atoms with van der Waals surface area (Å²) in [5.74, 6) is 0. The van der Waals surface area contributed by atoms with E-state index in [1.54, 1.807) is 0 Å². The lowest BCUT2D eigenvalue weighted by atomic mass is 10.0. The van der Waals surface area contributed by atoms with Crippen LogP contribution in [0.3, 0.4) is 0 Å². The van der Waals surface area contributed by atoms with Gasteiger partial charge < -0.3 is 0 Å². The van der Waals surface area contributed by atoms with Gasteiger partial charge in [0.05, 0.1) is 0 Å². The van der Waals surface area contributed by atoms with Crippen molar-refractivity contribution < 1.29 is 0 Å². The molecule has 6 saturated carbocycles. The van der Waals surface area contributed by atoms with Gasteiger partial charge in [-0.15, -0.1) is 0 Å². The van der Waals surface area contributed by atoms with Crippen molar-refractivity contribution in [3.8, 4) is 0 Å². The summed E-state index contributed by atoms with van der Waals surface area (Å²) in [6.45, 7) is 42.1. The molecule has 0 bridgehead atoms. The normalized spacial score (nSPS) is 17.7. The maximum absolute atomic E-state index is 4.05. The summed E-state index contributed by atoms with van der Waals surface area (Å²) in [4.78, 5) is 8.01. The van der Waals surface area contributed by atoms with Gasteiger partial charge in [-0.1, -0.05) is 381 Å². The second-order valence-electron chi connectivity index (χ2n) is 18.3. The third kappa shape index (κ3) is 127. The predicted molar refractivity (Wildman–Crippen MR) is 375 cm³/mol. The van der Waals surface area contributed by atoms with E-state index in [-0.39, 0.29) is 0 Å². The lowest BCUT2D eigenvalue weighted by Crippen LogP contribution is -1.89. The van der Waals surface area contributed by atoms with Gasteiger partial charge in [0, 0.05) is 13.1 Å². The smallest absolute Gasteiger partial charge is 0.0388 e. The maximum atomic E-state index is 4.05. The van der Waals surface area contributed by atoms with E-state index in [0.717, 1.165) is 13.1 Å². The van der Waals surface area contributed by atoms with Crippen LogP contribution in [0.4, 0.5) is 0 Å². The molecule has 2 heteroatoms. The molecule has 0 N–H and O–H groups in total. The number of allylic oxidation sites excluding steroid dienone is 4. The summed E-state index contributed by atoms with van der Waals surface area (Å²) in [5.41, 5.74) is 0. The monoisotopic (exact) mass is 1090 g/mol. The molecule has 2 heterocycles. The Hall–Kier alpha value is -1.18. The third-order valence-corrected chi connectivity index (χ3v) is 12.6. The van der Waals surface area contributed by atoms with Gasteiger partial charge >= 0.3 is 0 Å². The van der Waals surface area contributed by atoms with E-state index >= 15 is 0 Å². The second-order valence-corrected chi connectivity index (χ2v) is 18.3. The highest BCUT2D eigenvalue weighted by atomic mass is 14.7. The van der Waals surface area contributed by atoms with Crippen molar-refractivity contribution in [3.63, 3.8) is 0 Å². The van der Waals surface area contributed by atoms with E-state index in [0.29, 0.717) is 0 Å². The molecule has 0 radical (unpaired) electrons. The molecule has 10 rings (SSSR count). The van der Waals surface area contributed by atoms with Crippen LogP contribution in [0.1, 0.15) is 440 Å². The van der Waals surface area contributed by atoms with Crippen molar-refractivity contribution in [2.45, 2.75) is 440 Å². The molecule has 6 fully saturated rings. The number of hydrogen-bond donors (Lipinski definition) is 0. The quantitative estimate of drug-likeness (QED) is 0.171. The number of aliphatic imine (C=N–C) groups is 2. The molecular weight excluding hydrogens is 929 g/mol. The molecule has 0 atom stereocenters. The summed E-state index contributed by atoms with van der Waals surface area (Å²) >= 11 is 0. The molecule has 0 amide bonds. The van der Waals surface area contributed by atoms with E-state index in [1.807, 2.05) is 151 Å². The molecule has 2 nitrogen and oxygen atoms in total. The van der Waals surface area contributed by atoms with Crippen molar-refractivity contribution in [3.05, 3.63) is 24.3 Å². The minimum absolute atomic E-state index is 1.07. The van der Waals surface area contributed by atoms with Crippen LogP contribution in [0.15, 0.2) is 34.3 Å². The lowest BCUT2D eigenvalue weighted by Gasteiger charge is -2.05. The van der Waals surface area contributed by atoms with Crippen molar-refractivity contribution in [2.75, 3.05) is 13.1 Å². The van der Waals surface area contributed by atoms with Crippen molar-refractivity contribution in [1.82, 2.24) is 0 Å². The first-order valence-corrected chi connectivity index (χ1v) is 36.8. The summed E-state index contributed by atoms with van der Waals surface area (Å²) in [6, 6.07) is 0. The fraction of sp³-hybridized carbons (Fsp3) is 0.920. The molecule has 0 aromatic rings. The lowest BCUT2D eigenvalue weighted by molar-refractivity contribution is 0.504. The highest BCUT2D eigenvalue weighted by molar-refractivity contribution is 5.58. The zero-order valence-corrected chi connectivity index (χ0v) is 59.0. The molecular formula is C75H164N2. The SMILES string of the molecule is C1=CCCCC1.C1=CCCCC1.C1=NCCC1.C1=NCCCC1.C1CCCC1.C1CCCC1.C1CCCC1.C1CCCCC1.C1CCCCC1.C1CCCCCC1.CC.CC.CC.CC.CC.CC.CC.CC.CC.CC. The Balaban J connectivity index is -0.0000000782. The van der Waals surface area contributed by atoms with E-state index in [2.05, 4.69) is 34.3 Å². The van der Waals surface area contributed by atoms with Crippen LogP contribution in [-0.4, -0.2) is 25.5 Å². The Kier molecular flexibility index (Phi) is 166. The van der Waals surface area contributed by atoms with Crippen LogP contribution in [0.2, 0.25) is 0 Å². The van der Waals surface area contributed by atoms with E-state index in [9.17, 15) is 0 Å². The van der Waals surface area contributed by atoms with Crippen LogP contribution in [-0.2, 0) is 0 Å². The second kappa shape index (κ2) is 131. The van der Waals surface area contributed by atoms with Gasteiger partial charge in [0.15, 0.2) is 0 Å². The number of nitrogens with zero attached hydrogens (tertiary/aromatic N) is 2. The van der Waals surface area contributed by atoms with E-state index < -0.39 is 0 Å². The number of hydrogen-bond acceptors (Lipinski definition) is 2. The Bertz CT molecular complexity index is 646. The van der Waals surface area contributed by atoms with Crippen molar-refractivity contribution in [2.24, 2.45) is 9.98 Å². The van der Waals surface area contributed by atoms with E-state index in [4.69, 9.17) is 0 Å². The van der Waals surface area contributed by atoms with Gasteiger partial charge in [0.25, 0.3) is 0 Å². The first-order chi connectivity index (χ1) is 38.5. The average Bonchev–Trinajstić information content (AvgIpc) is 4.48. The maximum Gasteiger partial charge on any atom is 0.0388 e. The molecule has 0 aromatic heterocycles. The van der Waals surface area contributed by atoms with Crippen molar-refractivity contribution >= 4 is 12.4 Å². The molecule has 474 valence electrons. The summed E-state index contributed by atoms with van der Waals surface area (Å²) in [7, 11) is 0. The van der Waals surface area contributed by atoms with Crippen LogP contribution < -0.4 is 0 Å². The van der Waals surface area contributed by atoms with Crippen LogP contribution >= 0.6 is 0 Å². The van der Waals surface area contributed by atoms with Gasteiger partial charge in [0.2, 0.25) is 0 Å². The fourth-order valence-electron chi connectivity index (χ4n) is 8.61. The Labute approximate surface area is 497 Å². The van der Waals surface area contributed by atoms with Gasteiger partial charge in [-0.2, -0.15) is 0 Å². The molecule has 8 aliphatic carbocycles. The zero-order valence-electron chi connectivity index (χ0n) is 59.0. The van der Waals surface area contributed by atoms with Crippen LogP contribution in [0.5, 0.6) is 0 Å². The summed E-state index contributed by atoms with van der Waals surface area (Å²) in [6.07, 6.45) is 81.4. The van der Waals surface area contributed by atoms with Gasteiger partial charge in [-0.3, -0.25) is 9.98 Å². The van der Waals surface area contributed by atoms with E-state index in [1.165, 1.54) is 302 Å². The first kappa shape index (κ1) is 98.0. The minimum atomic E-state index is 1.07. The Morgan fingerprint density at radius 3 is 0.325 bits per heavy atom. The van der Waals surface area contributed by atoms with Crippen LogP contribution in [0, 0.1) is 0 Å². The Morgan fingerprint density at radius 2 is 0.273 bits per heavy atom. The molecule has 0 unspecified atom stereocenters. The first-order valence-electron chi connectivity index (χ1n) is 36.8. The average molecular weight is 1090 g/mol. The Morgan fingerprint density at radius 1 is 0.143 bits per heavy atom. The van der Waals surface area contributed by atoms with Crippen molar-refractivity contribution in [1.29, 1.82) is 0 Å². The topological polar surface area (TPSA) is 24.7 Å². The summed E-state index contributed by atoms with van der Waals surface area (Å²) in [5, 5.41) is 0. The molecule has 77 heavy (non-hydrogen) atoms. The fourth-order valence-corrected chi connectivity index (χ4v) is 8.61. The highest BCUT2D eigenvalue weighted by Gasteiger charge is 1.99. The largest absolute Gasteiger partial charge is 0.298 e. The predicted octanol–water partition coefficient (Wildman–Crippen LogP) is 29.9. The molecule has 0 spiro atoms. The molecule has 0 aromatic carbocycles. The van der Waals surface area contributed by atoms with Gasteiger partial charge in [-0.25, -0.2) is 0 Å².